The van der Waals surface area contributed by atoms with Crippen LogP contribution in [-0.2, 0) is 8.23 Å². The summed E-state index contributed by atoms with van der Waals surface area (Å²) in [6, 6.07) is 4.82. The van der Waals surface area contributed by atoms with Crippen molar-refractivity contribution in [2.24, 2.45) is 0 Å². The van der Waals surface area contributed by atoms with Gasteiger partial charge in [0, 0.05) is 29.0 Å². The molecule has 0 aliphatic rings. The van der Waals surface area contributed by atoms with Gasteiger partial charge in [-0.2, -0.15) is 0 Å². The van der Waals surface area contributed by atoms with Crippen LogP contribution in [0.25, 0.3) is 0 Å². The molecule has 0 aliphatic carbocycles. The molecule has 34 heavy (non-hydrogen) atoms. The minimum atomic E-state index is -2.51. The minimum Gasteiger partial charge on any atom is -0.436 e. The molecule has 0 heterocycles. The molecule has 0 bridgehead atoms. The monoisotopic (exact) mass is 526 g/mol. The highest BCUT2D eigenvalue weighted by Crippen LogP contribution is 2.30. The number of aryl methyl sites for hydroxylation is 1. The Labute approximate surface area is 209 Å². The van der Waals surface area contributed by atoms with E-state index in [1.165, 1.54) is 0 Å². The summed E-state index contributed by atoms with van der Waals surface area (Å²) in [6.45, 7) is 25.3. The SMILES string of the molecule is Cc1ccc(NC(=O)NC(C)(C)C)cc1NC(=O)NCC(C)[Si](C)(O[Si](C)(C)C)O[Si](C)(C)C. The first-order valence-electron chi connectivity index (χ1n) is 11.8. The molecule has 0 aromatic heterocycles. The van der Waals surface area contributed by atoms with E-state index in [0.29, 0.717) is 17.9 Å². The highest BCUT2D eigenvalue weighted by Gasteiger charge is 2.44. The second-order valence-corrected chi connectivity index (χ2v) is 25.1. The van der Waals surface area contributed by atoms with Crippen LogP contribution in [0, 0.1) is 6.92 Å². The number of rotatable bonds is 9. The van der Waals surface area contributed by atoms with Crippen molar-refractivity contribution in [3.8, 4) is 0 Å². The molecule has 0 saturated carbocycles. The van der Waals surface area contributed by atoms with Crippen LogP contribution in [-0.4, -0.2) is 49.3 Å². The summed E-state index contributed by atoms with van der Waals surface area (Å²) in [5.41, 5.74) is 1.86. The van der Waals surface area contributed by atoms with Crippen LogP contribution in [0.15, 0.2) is 18.2 Å². The molecule has 0 spiro atoms. The van der Waals surface area contributed by atoms with Crippen molar-refractivity contribution in [3.05, 3.63) is 23.8 Å². The van der Waals surface area contributed by atoms with Gasteiger partial charge in [-0.25, -0.2) is 9.59 Å². The summed E-state index contributed by atoms with van der Waals surface area (Å²) >= 11 is 0. The lowest BCUT2D eigenvalue weighted by Crippen LogP contribution is -2.56. The highest BCUT2D eigenvalue weighted by molar-refractivity contribution is 6.88. The van der Waals surface area contributed by atoms with E-state index >= 15 is 0 Å². The summed E-state index contributed by atoms with van der Waals surface area (Å²) in [4.78, 5) is 24.9. The number of urea groups is 2. The number of nitrogens with one attached hydrogen (secondary N) is 4. The Morgan fingerprint density at radius 2 is 1.44 bits per heavy atom. The summed E-state index contributed by atoms with van der Waals surface area (Å²) in [5, 5.41) is 11.6. The molecule has 4 amide bonds. The van der Waals surface area contributed by atoms with Gasteiger partial charge in [-0.3, -0.25) is 0 Å². The van der Waals surface area contributed by atoms with Gasteiger partial charge < -0.3 is 29.5 Å². The van der Waals surface area contributed by atoms with Crippen molar-refractivity contribution >= 4 is 48.6 Å². The van der Waals surface area contributed by atoms with E-state index < -0.39 is 25.2 Å². The molecule has 1 unspecified atom stereocenters. The van der Waals surface area contributed by atoms with E-state index in [4.69, 9.17) is 8.23 Å². The number of hydrogen-bond donors (Lipinski definition) is 4. The molecule has 11 heteroatoms. The number of benzene rings is 1. The fourth-order valence-electron chi connectivity index (χ4n) is 3.37. The third-order valence-corrected chi connectivity index (χ3v) is 14.8. The van der Waals surface area contributed by atoms with E-state index in [1.54, 1.807) is 12.1 Å². The first kappa shape index (κ1) is 30.4. The Balaban J connectivity index is 2.84. The summed E-state index contributed by atoms with van der Waals surface area (Å²) in [5.74, 6) is 0. The van der Waals surface area contributed by atoms with Gasteiger partial charge in [0.2, 0.25) is 0 Å². The van der Waals surface area contributed by atoms with Crippen molar-refractivity contribution in [2.75, 3.05) is 17.2 Å². The maximum absolute atomic E-state index is 12.7. The predicted octanol–water partition coefficient (Wildman–Crippen LogP) is 6.20. The molecule has 0 saturated heterocycles. The van der Waals surface area contributed by atoms with E-state index in [0.717, 1.165) is 5.56 Å². The molecule has 1 rings (SSSR count). The normalized spacial score (nSPS) is 13.8. The van der Waals surface area contributed by atoms with Crippen LogP contribution in [0.5, 0.6) is 0 Å². The molecule has 1 aromatic rings. The van der Waals surface area contributed by atoms with Crippen molar-refractivity contribution in [1.29, 1.82) is 0 Å². The third kappa shape index (κ3) is 11.6. The molecular weight excluding hydrogens is 481 g/mol. The van der Waals surface area contributed by atoms with E-state index in [1.807, 2.05) is 33.8 Å². The van der Waals surface area contributed by atoms with Gasteiger partial charge in [0.05, 0.1) is 0 Å². The standard InChI is InChI=1S/C23H46N4O4Si3/c1-17-13-14-19(25-22(29)27-23(3,4)5)15-20(17)26-21(28)24-16-18(2)34(12,30-32(6,7)8)31-33(9,10)11/h13-15,18H,16H2,1-12H3,(H2,24,26,28)(H2,25,27,29). The van der Waals surface area contributed by atoms with Gasteiger partial charge in [0.1, 0.15) is 0 Å². The van der Waals surface area contributed by atoms with Gasteiger partial charge in [-0.15, -0.1) is 0 Å². The van der Waals surface area contributed by atoms with Gasteiger partial charge in [0.15, 0.2) is 16.6 Å². The number of carbonyl (C=O) groups excluding carboxylic acids is 2. The molecule has 1 atom stereocenters. The second-order valence-electron chi connectivity index (χ2n) is 12.0. The lowest BCUT2D eigenvalue weighted by atomic mass is 10.1. The van der Waals surface area contributed by atoms with Crippen LogP contribution in [0.3, 0.4) is 0 Å². The molecule has 194 valence electrons. The average Bonchev–Trinajstić information content (AvgIpc) is 2.57. The molecule has 8 nitrogen and oxygen atoms in total. The number of carbonyl (C=O) groups is 2. The number of amides is 4. The molecule has 0 aliphatic heterocycles. The van der Waals surface area contributed by atoms with Gasteiger partial charge in [0.25, 0.3) is 0 Å². The Morgan fingerprint density at radius 3 is 1.91 bits per heavy atom. The van der Waals surface area contributed by atoms with Gasteiger partial charge in [-0.1, -0.05) is 13.0 Å². The first-order valence-corrected chi connectivity index (χ1v) is 21.1. The maximum atomic E-state index is 12.7. The topological polar surface area (TPSA) is 101 Å². The summed E-state index contributed by atoms with van der Waals surface area (Å²) < 4.78 is 13.2. The number of anilines is 2. The fourth-order valence-corrected chi connectivity index (χ4v) is 15.7. The van der Waals surface area contributed by atoms with Gasteiger partial charge >= 0.3 is 20.6 Å². The lowest BCUT2D eigenvalue weighted by molar-refractivity contribution is 0.243. The Bertz CT molecular complexity index is 845. The zero-order valence-electron chi connectivity index (χ0n) is 23.1. The van der Waals surface area contributed by atoms with Crippen LogP contribution in [0.2, 0.25) is 51.4 Å². The third-order valence-electron chi connectivity index (χ3n) is 4.71. The van der Waals surface area contributed by atoms with Crippen molar-refractivity contribution in [1.82, 2.24) is 10.6 Å². The smallest absolute Gasteiger partial charge is 0.319 e. The van der Waals surface area contributed by atoms with Crippen molar-refractivity contribution in [3.63, 3.8) is 0 Å². The highest BCUT2D eigenvalue weighted by atomic mass is 28.5. The number of hydrogen-bond acceptors (Lipinski definition) is 4. The largest absolute Gasteiger partial charge is 0.436 e. The van der Waals surface area contributed by atoms with Crippen LogP contribution in [0.4, 0.5) is 21.0 Å². The first-order chi connectivity index (χ1) is 15.2. The van der Waals surface area contributed by atoms with Crippen LogP contribution in [0.1, 0.15) is 33.3 Å². The Kier molecular flexibility index (Phi) is 10.2. The zero-order valence-corrected chi connectivity index (χ0v) is 26.1. The quantitative estimate of drug-likeness (QED) is 0.288. The lowest BCUT2D eigenvalue weighted by Gasteiger charge is -2.42. The second kappa shape index (κ2) is 11.4. The summed E-state index contributed by atoms with van der Waals surface area (Å²) in [6.07, 6.45) is 0. The molecule has 4 N–H and O–H groups in total. The van der Waals surface area contributed by atoms with Crippen molar-refractivity contribution in [2.45, 2.75) is 91.5 Å². The molecule has 0 radical (unpaired) electrons. The zero-order chi connectivity index (χ0) is 26.5. The minimum absolute atomic E-state index is 0.0758. The maximum Gasteiger partial charge on any atom is 0.319 e. The van der Waals surface area contributed by atoms with E-state index in [2.05, 4.69) is 74.0 Å². The molecule has 0 fully saturated rings. The summed E-state index contributed by atoms with van der Waals surface area (Å²) in [7, 11) is -6.16. The Morgan fingerprint density at radius 1 is 0.912 bits per heavy atom. The van der Waals surface area contributed by atoms with Crippen molar-refractivity contribution < 1.29 is 17.8 Å². The molecule has 1 aromatic carbocycles. The van der Waals surface area contributed by atoms with E-state index in [-0.39, 0.29) is 23.1 Å². The fraction of sp³-hybridized carbons (Fsp3) is 0.652. The van der Waals surface area contributed by atoms with Gasteiger partial charge in [-0.05, 0) is 91.2 Å². The Hall–Kier alpha value is -1.67. The molecular formula is C23H46N4O4Si3. The average molecular weight is 527 g/mol. The van der Waals surface area contributed by atoms with E-state index in [9.17, 15) is 9.59 Å². The predicted molar refractivity (Wildman–Crippen MR) is 150 cm³/mol. The van der Waals surface area contributed by atoms with Crippen LogP contribution < -0.4 is 21.3 Å². The van der Waals surface area contributed by atoms with Crippen LogP contribution >= 0.6 is 0 Å².